The molecule has 3 rings (SSSR count). The summed E-state index contributed by atoms with van der Waals surface area (Å²) in [6.45, 7) is 3.35. The maximum absolute atomic E-state index is 12.6. The Kier molecular flexibility index (Phi) is 4.12. The zero-order valence-electron chi connectivity index (χ0n) is 11.6. The SMILES string of the molecule is CCN(Cc1cccs1)C(=O)c1cc2ccc(Br)cc2[nH]1. The van der Waals surface area contributed by atoms with Crippen LogP contribution in [0, 0.1) is 0 Å². The average Bonchev–Trinajstić information content (AvgIpc) is 3.12. The van der Waals surface area contributed by atoms with E-state index in [4.69, 9.17) is 0 Å². The summed E-state index contributed by atoms with van der Waals surface area (Å²) in [5, 5.41) is 3.09. The lowest BCUT2D eigenvalue weighted by molar-refractivity contribution is 0.0749. The molecule has 1 N–H and O–H groups in total. The molecule has 0 spiro atoms. The molecule has 0 saturated heterocycles. The normalized spacial score (nSPS) is 11.0. The highest BCUT2D eigenvalue weighted by molar-refractivity contribution is 9.10. The van der Waals surface area contributed by atoms with Gasteiger partial charge in [0.25, 0.3) is 5.91 Å². The summed E-state index contributed by atoms with van der Waals surface area (Å²) in [4.78, 5) is 18.9. The van der Waals surface area contributed by atoms with Crippen molar-refractivity contribution in [3.05, 3.63) is 56.8 Å². The zero-order valence-corrected chi connectivity index (χ0v) is 14.0. The van der Waals surface area contributed by atoms with Crippen molar-refractivity contribution in [3.8, 4) is 0 Å². The lowest BCUT2D eigenvalue weighted by Gasteiger charge is -2.19. The largest absolute Gasteiger partial charge is 0.350 e. The van der Waals surface area contributed by atoms with Crippen molar-refractivity contribution in [2.45, 2.75) is 13.5 Å². The number of benzene rings is 1. The molecule has 5 heteroatoms. The number of amides is 1. The van der Waals surface area contributed by atoms with Crippen LogP contribution in [-0.2, 0) is 6.54 Å². The number of halogens is 1. The van der Waals surface area contributed by atoms with E-state index in [1.54, 1.807) is 11.3 Å². The topological polar surface area (TPSA) is 36.1 Å². The highest BCUT2D eigenvalue weighted by atomic mass is 79.9. The maximum Gasteiger partial charge on any atom is 0.270 e. The number of rotatable bonds is 4. The number of aromatic amines is 1. The van der Waals surface area contributed by atoms with E-state index in [9.17, 15) is 4.79 Å². The number of hydrogen-bond acceptors (Lipinski definition) is 2. The van der Waals surface area contributed by atoms with Crippen molar-refractivity contribution in [3.63, 3.8) is 0 Å². The monoisotopic (exact) mass is 362 g/mol. The molecule has 3 nitrogen and oxygen atoms in total. The van der Waals surface area contributed by atoms with Crippen molar-refractivity contribution < 1.29 is 4.79 Å². The van der Waals surface area contributed by atoms with E-state index in [2.05, 4.69) is 27.0 Å². The predicted octanol–water partition coefficient (Wildman–Crippen LogP) is 4.65. The molecule has 0 radical (unpaired) electrons. The van der Waals surface area contributed by atoms with Gasteiger partial charge in [0.05, 0.1) is 6.54 Å². The van der Waals surface area contributed by atoms with Crippen molar-refractivity contribution >= 4 is 44.1 Å². The van der Waals surface area contributed by atoms with Gasteiger partial charge in [0.15, 0.2) is 0 Å². The molecule has 0 bridgehead atoms. The third kappa shape index (κ3) is 3.04. The highest BCUT2D eigenvalue weighted by Gasteiger charge is 2.17. The average molecular weight is 363 g/mol. The van der Waals surface area contributed by atoms with E-state index in [-0.39, 0.29) is 5.91 Å². The molecular weight excluding hydrogens is 348 g/mol. The minimum Gasteiger partial charge on any atom is -0.350 e. The van der Waals surface area contributed by atoms with E-state index < -0.39 is 0 Å². The van der Waals surface area contributed by atoms with Gasteiger partial charge in [-0.1, -0.05) is 28.1 Å². The molecule has 2 aromatic heterocycles. The summed E-state index contributed by atoms with van der Waals surface area (Å²) in [7, 11) is 0. The first-order chi connectivity index (χ1) is 10.2. The first-order valence-corrected chi connectivity index (χ1v) is 8.44. The van der Waals surface area contributed by atoms with Crippen LogP contribution >= 0.6 is 27.3 Å². The second kappa shape index (κ2) is 6.03. The fraction of sp³-hybridized carbons (Fsp3) is 0.188. The summed E-state index contributed by atoms with van der Waals surface area (Å²) in [5.41, 5.74) is 1.61. The summed E-state index contributed by atoms with van der Waals surface area (Å²) in [6.07, 6.45) is 0. The number of thiophene rings is 1. The molecule has 0 aliphatic carbocycles. The van der Waals surface area contributed by atoms with Gasteiger partial charge in [-0.3, -0.25) is 4.79 Å². The number of H-pyrrole nitrogens is 1. The Bertz CT molecular complexity index is 764. The highest BCUT2D eigenvalue weighted by Crippen LogP contribution is 2.22. The second-order valence-electron chi connectivity index (χ2n) is 4.81. The second-order valence-corrected chi connectivity index (χ2v) is 6.76. The number of carbonyl (C=O) groups is 1. The smallest absolute Gasteiger partial charge is 0.270 e. The first kappa shape index (κ1) is 14.4. The number of fused-ring (bicyclic) bond motifs is 1. The fourth-order valence-corrected chi connectivity index (χ4v) is 3.38. The molecule has 3 aromatic rings. The van der Waals surface area contributed by atoms with Crippen LogP contribution in [0.1, 0.15) is 22.3 Å². The van der Waals surface area contributed by atoms with E-state index in [0.717, 1.165) is 15.4 Å². The predicted molar refractivity (Wildman–Crippen MR) is 90.7 cm³/mol. The summed E-state index contributed by atoms with van der Waals surface area (Å²) in [6, 6.07) is 12.0. The Labute approximate surface area is 135 Å². The molecule has 0 fully saturated rings. The van der Waals surface area contributed by atoms with Gasteiger partial charge in [-0.25, -0.2) is 0 Å². The summed E-state index contributed by atoms with van der Waals surface area (Å²) < 4.78 is 1.00. The number of nitrogens with one attached hydrogen (secondary N) is 1. The van der Waals surface area contributed by atoms with Crippen LogP contribution in [0.15, 0.2) is 46.3 Å². The van der Waals surface area contributed by atoms with Crippen LogP contribution in [-0.4, -0.2) is 22.3 Å². The van der Waals surface area contributed by atoms with Gasteiger partial charge in [0.2, 0.25) is 0 Å². The molecule has 0 saturated carbocycles. The maximum atomic E-state index is 12.6. The van der Waals surface area contributed by atoms with Gasteiger partial charge < -0.3 is 9.88 Å². The van der Waals surface area contributed by atoms with Gasteiger partial charge in [0.1, 0.15) is 5.69 Å². The third-order valence-electron chi connectivity index (χ3n) is 3.41. The molecule has 108 valence electrons. The van der Waals surface area contributed by atoms with Crippen LogP contribution in [0.25, 0.3) is 10.9 Å². The molecule has 21 heavy (non-hydrogen) atoms. The molecule has 2 heterocycles. The first-order valence-electron chi connectivity index (χ1n) is 6.77. The van der Waals surface area contributed by atoms with Gasteiger partial charge in [-0.05, 0) is 36.6 Å². The molecule has 0 atom stereocenters. The molecular formula is C16H15BrN2OS. The standard InChI is InChI=1S/C16H15BrN2OS/c1-2-19(10-13-4-3-7-21-13)16(20)15-8-11-5-6-12(17)9-14(11)18-15/h3-9,18H,2,10H2,1H3. The number of hydrogen-bond donors (Lipinski definition) is 1. The van der Waals surface area contributed by atoms with Crippen molar-refractivity contribution in [1.29, 1.82) is 0 Å². The number of aromatic nitrogens is 1. The van der Waals surface area contributed by atoms with Gasteiger partial charge in [-0.15, -0.1) is 11.3 Å². The van der Waals surface area contributed by atoms with Gasteiger partial charge >= 0.3 is 0 Å². The molecule has 0 unspecified atom stereocenters. The number of carbonyl (C=O) groups excluding carboxylic acids is 1. The third-order valence-corrected chi connectivity index (χ3v) is 4.77. The van der Waals surface area contributed by atoms with Crippen LogP contribution in [0.2, 0.25) is 0 Å². The van der Waals surface area contributed by atoms with E-state index in [0.29, 0.717) is 18.8 Å². The summed E-state index contributed by atoms with van der Waals surface area (Å²) >= 11 is 5.12. The van der Waals surface area contributed by atoms with Gasteiger partial charge in [-0.2, -0.15) is 0 Å². The molecule has 0 aliphatic heterocycles. The Morgan fingerprint density at radius 2 is 2.19 bits per heavy atom. The Morgan fingerprint density at radius 1 is 1.33 bits per heavy atom. The molecule has 1 aromatic carbocycles. The van der Waals surface area contributed by atoms with E-state index >= 15 is 0 Å². The lowest BCUT2D eigenvalue weighted by Crippen LogP contribution is -2.30. The van der Waals surface area contributed by atoms with Crippen molar-refractivity contribution in [2.24, 2.45) is 0 Å². The van der Waals surface area contributed by atoms with Gasteiger partial charge in [0, 0.05) is 26.8 Å². The van der Waals surface area contributed by atoms with Crippen LogP contribution in [0.3, 0.4) is 0 Å². The minimum atomic E-state index is 0.0400. The Morgan fingerprint density at radius 3 is 2.90 bits per heavy atom. The van der Waals surface area contributed by atoms with Crippen LogP contribution < -0.4 is 0 Å². The van der Waals surface area contributed by atoms with Crippen molar-refractivity contribution in [1.82, 2.24) is 9.88 Å². The minimum absolute atomic E-state index is 0.0400. The number of nitrogens with zero attached hydrogens (tertiary/aromatic N) is 1. The fourth-order valence-electron chi connectivity index (χ4n) is 2.30. The quantitative estimate of drug-likeness (QED) is 0.719. The Hall–Kier alpha value is -1.59. The lowest BCUT2D eigenvalue weighted by atomic mass is 10.2. The summed E-state index contributed by atoms with van der Waals surface area (Å²) in [5.74, 6) is 0.0400. The van der Waals surface area contributed by atoms with Crippen LogP contribution in [0.4, 0.5) is 0 Å². The van der Waals surface area contributed by atoms with E-state index in [1.807, 2.05) is 47.5 Å². The Balaban J connectivity index is 1.87. The van der Waals surface area contributed by atoms with Crippen molar-refractivity contribution in [2.75, 3.05) is 6.54 Å². The van der Waals surface area contributed by atoms with E-state index in [1.165, 1.54) is 4.88 Å². The van der Waals surface area contributed by atoms with Crippen LogP contribution in [0.5, 0.6) is 0 Å². The molecule has 0 aliphatic rings. The zero-order chi connectivity index (χ0) is 14.8. The molecule has 1 amide bonds.